The van der Waals surface area contributed by atoms with Gasteiger partial charge in [0.05, 0.1) is 5.69 Å². The Morgan fingerprint density at radius 3 is 2.67 bits per heavy atom. The van der Waals surface area contributed by atoms with E-state index in [0.29, 0.717) is 12.0 Å². The van der Waals surface area contributed by atoms with Crippen molar-refractivity contribution in [3.8, 4) is 0 Å². The topological polar surface area (TPSA) is 47.1 Å². The average molecular weight is 252 g/mol. The molecule has 0 aliphatic rings. The highest BCUT2D eigenvalue weighted by atomic mass is 15.3. The van der Waals surface area contributed by atoms with Gasteiger partial charge in [-0.2, -0.15) is 5.10 Å². The van der Waals surface area contributed by atoms with E-state index < -0.39 is 0 Å². The fraction of sp³-hybridized carbons (Fsp3) is 0.786. The average Bonchev–Trinajstić information content (AvgIpc) is 2.85. The molecule has 2 unspecified atom stereocenters. The Hall–Kier alpha value is -0.870. The molecule has 0 aliphatic carbocycles. The molecule has 1 aromatic heterocycles. The molecule has 0 aromatic carbocycles. The van der Waals surface area contributed by atoms with Crippen LogP contribution in [0.1, 0.15) is 45.9 Å². The second-order valence-electron chi connectivity index (χ2n) is 5.21. The largest absolute Gasteiger partial charge is 0.330 e. The first-order valence-electron chi connectivity index (χ1n) is 7.07. The Morgan fingerprint density at radius 2 is 2.11 bits per heavy atom. The zero-order chi connectivity index (χ0) is 13.5. The van der Waals surface area contributed by atoms with Crippen molar-refractivity contribution < 1.29 is 0 Å². The number of nitrogens with zero attached hydrogens (tertiary/aromatic N) is 3. The van der Waals surface area contributed by atoms with Crippen LogP contribution in [0.25, 0.3) is 0 Å². The molecule has 18 heavy (non-hydrogen) atoms. The normalized spacial score (nSPS) is 15.0. The number of hydrogen-bond donors (Lipinski definition) is 1. The maximum absolute atomic E-state index is 5.68. The van der Waals surface area contributed by atoms with Crippen LogP contribution in [0.2, 0.25) is 0 Å². The molecule has 0 spiro atoms. The van der Waals surface area contributed by atoms with Gasteiger partial charge >= 0.3 is 0 Å². The minimum absolute atomic E-state index is 0.483. The summed E-state index contributed by atoms with van der Waals surface area (Å²) in [5.74, 6) is 0.543. The van der Waals surface area contributed by atoms with E-state index in [-0.39, 0.29) is 0 Å². The molecule has 1 heterocycles. The lowest BCUT2D eigenvalue weighted by Gasteiger charge is -2.22. The van der Waals surface area contributed by atoms with Gasteiger partial charge in [-0.15, -0.1) is 0 Å². The standard InChI is InChI=1S/C14H28N4/c1-5-13(4)18-8-7-14(16-18)11-17(6-2)10-12(3)9-15/h7-8,12-13H,5-6,9-11,15H2,1-4H3. The van der Waals surface area contributed by atoms with Gasteiger partial charge in [0.15, 0.2) is 0 Å². The molecule has 0 fully saturated rings. The number of hydrogen-bond acceptors (Lipinski definition) is 3. The Bertz CT molecular complexity index is 334. The molecule has 0 amide bonds. The van der Waals surface area contributed by atoms with Gasteiger partial charge in [0.2, 0.25) is 0 Å². The molecule has 0 bridgehead atoms. The summed E-state index contributed by atoms with van der Waals surface area (Å²) < 4.78 is 2.07. The molecule has 1 aromatic rings. The molecule has 4 heteroatoms. The van der Waals surface area contributed by atoms with Crippen LogP contribution >= 0.6 is 0 Å². The Kier molecular flexibility index (Phi) is 6.36. The van der Waals surface area contributed by atoms with Crippen molar-refractivity contribution >= 4 is 0 Å². The van der Waals surface area contributed by atoms with Crippen molar-refractivity contribution in [2.45, 2.75) is 46.7 Å². The van der Waals surface area contributed by atoms with Crippen LogP contribution in [0.15, 0.2) is 12.3 Å². The first-order valence-corrected chi connectivity index (χ1v) is 7.07. The summed E-state index contributed by atoms with van der Waals surface area (Å²) in [6, 6.07) is 2.61. The molecule has 0 aliphatic heterocycles. The van der Waals surface area contributed by atoms with Gasteiger partial charge in [-0.25, -0.2) is 0 Å². The highest BCUT2D eigenvalue weighted by molar-refractivity contribution is 4.99. The van der Waals surface area contributed by atoms with Gasteiger partial charge in [-0.05, 0) is 38.4 Å². The summed E-state index contributed by atoms with van der Waals surface area (Å²) in [6.07, 6.45) is 3.20. The Balaban J connectivity index is 2.56. The van der Waals surface area contributed by atoms with Crippen LogP contribution in [-0.4, -0.2) is 34.3 Å². The smallest absolute Gasteiger partial charge is 0.0764 e. The second kappa shape index (κ2) is 7.54. The van der Waals surface area contributed by atoms with Crippen molar-refractivity contribution in [1.82, 2.24) is 14.7 Å². The van der Waals surface area contributed by atoms with Gasteiger partial charge in [0.25, 0.3) is 0 Å². The molecule has 1 rings (SSSR count). The molecule has 0 radical (unpaired) electrons. The van der Waals surface area contributed by atoms with E-state index in [4.69, 9.17) is 5.73 Å². The maximum Gasteiger partial charge on any atom is 0.0764 e. The lowest BCUT2D eigenvalue weighted by Crippen LogP contribution is -2.31. The molecule has 2 atom stereocenters. The molecule has 104 valence electrons. The van der Waals surface area contributed by atoms with Crippen molar-refractivity contribution in [2.24, 2.45) is 11.7 Å². The molecular formula is C14H28N4. The summed E-state index contributed by atoms with van der Waals surface area (Å²) >= 11 is 0. The quantitative estimate of drug-likeness (QED) is 0.772. The predicted octanol–water partition coefficient (Wildman–Crippen LogP) is 2.27. The Labute approximate surface area is 111 Å². The van der Waals surface area contributed by atoms with Gasteiger partial charge in [-0.1, -0.05) is 20.8 Å². The van der Waals surface area contributed by atoms with Gasteiger partial charge in [0, 0.05) is 25.3 Å². The maximum atomic E-state index is 5.68. The van der Waals surface area contributed by atoms with Crippen LogP contribution < -0.4 is 5.73 Å². The monoisotopic (exact) mass is 252 g/mol. The molecule has 0 saturated carbocycles. The minimum Gasteiger partial charge on any atom is -0.330 e. The molecular weight excluding hydrogens is 224 g/mol. The van der Waals surface area contributed by atoms with E-state index in [1.807, 2.05) is 0 Å². The van der Waals surface area contributed by atoms with Crippen LogP contribution in [0, 0.1) is 5.92 Å². The van der Waals surface area contributed by atoms with Gasteiger partial charge in [0.1, 0.15) is 0 Å². The van der Waals surface area contributed by atoms with E-state index in [0.717, 1.165) is 38.3 Å². The zero-order valence-corrected chi connectivity index (χ0v) is 12.3. The van der Waals surface area contributed by atoms with E-state index in [2.05, 4.69) is 54.6 Å². The van der Waals surface area contributed by atoms with Gasteiger partial charge in [-0.3, -0.25) is 9.58 Å². The summed E-state index contributed by atoms with van der Waals surface area (Å²) in [7, 11) is 0. The van der Waals surface area contributed by atoms with E-state index >= 15 is 0 Å². The van der Waals surface area contributed by atoms with E-state index in [1.165, 1.54) is 0 Å². The van der Waals surface area contributed by atoms with Crippen LogP contribution in [-0.2, 0) is 6.54 Å². The zero-order valence-electron chi connectivity index (χ0n) is 12.3. The first kappa shape index (κ1) is 15.2. The third kappa shape index (κ3) is 4.42. The predicted molar refractivity (Wildman–Crippen MR) is 76.4 cm³/mol. The van der Waals surface area contributed by atoms with Crippen molar-refractivity contribution in [2.75, 3.05) is 19.6 Å². The highest BCUT2D eigenvalue weighted by Crippen LogP contribution is 2.11. The summed E-state index contributed by atoms with van der Waals surface area (Å²) in [5, 5.41) is 4.65. The Morgan fingerprint density at radius 1 is 1.39 bits per heavy atom. The fourth-order valence-corrected chi connectivity index (χ4v) is 1.94. The SMILES string of the molecule is CCC(C)n1ccc(CN(CC)CC(C)CN)n1. The number of nitrogens with two attached hydrogens (primary N) is 1. The van der Waals surface area contributed by atoms with Crippen LogP contribution in [0.4, 0.5) is 0 Å². The molecule has 4 nitrogen and oxygen atoms in total. The molecule has 0 saturated heterocycles. The lowest BCUT2D eigenvalue weighted by molar-refractivity contribution is 0.239. The fourth-order valence-electron chi connectivity index (χ4n) is 1.94. The highest BCUT2D eigenvalue weighted by Gasteiger charge is 2.11. The number of aromatic nitrogens is 2. The molecule has 2 N–H and O–H groups in total. The van der Waals surface area contributed by atoms with Crippen LogP contribution in [0.5, 0.6) is 0 Å². The third-order valence-corrected chi connectivity index (χ3v) is 3.51. The van der Waals surface area contributed by atoms with E-state index in [1.54, 1.807) is 0 Å². The third-order valence-electron chi connectivity index (χ3n) is 3.51. The van der Waals surface area contributed by atoms with Crippen molar-refractivity contribution in [3.05, 3.63) is 18.0 Å². The second-order valence-corrected chi connectivity index (χ2v) is 5.21. The lowest BCUT2D eigenvalue weighted by atomic mass is 10.1. The van der Waals surface area contributed by atoms with Crippen LogP contribution in [0.3, 0.4) is 0 Å². The van der Waals surface area contributed by atoms with Gasteiger partial charge < -0.3 is 5.73 Å². The van der Waals surface area contributed by atoms with Crippen molar-refractivity contribution in [3.63, 3.8) is 0 Å². The minimum atomic E-state index is 0.483. The van der Waals surface area contributed by atoms with E-state index in [9.17, 15) is 0 Å². The summed E-state index contributed by atoms with van der Waals surface area (Å²) in [6.45, 7) is 12.5. The number of rotatable bonds is 8. The first-order chi connectivity index (χ1) is 8.60. The summed E-state index contributed by atoms with van der Waals surface area (Å²) in [5.41, 5.74) is 6.84. The van der Waals surface area contributed by atoms with Crippen molar-refractivity contribution in [1.29, 1.82) is 0 Å². The summed E-state index contributed by atoms with van der Waals surface area (Å²) in [4.78, 5) is 2.40.